The molecule has 96 valence electrons. The van der Waals surface area contributed by atoms with Crippen LogP contribution in [0.15, 0.2) is 0 Å². The van der Waals surface area contributed by atoms with Crippen LogP contribution in [0.5, 0.6) is 0 Å². The van der Waals surface area contributed by atoms with Gasteiger partial charge in [0.2, 0.25) is 0 Å². The molecule has 0 amide bonds. The number of likely N-dealkylation sites (N-methyl/N-ethyl adjacent to an activating group) is 2. The summed E-state index contributed by atoms with van der Waals surface area (Å²) in [5, 5.41) is 3.48. The molecule has 1 saturated heterocycles. The molecule has 0 radical (unpaired) electrons. The first-order valence-corrected chi connectivity index (χ1v) is 6.80. The van der Waals surface area contributed by atoms with Crippen LogP contribution in [0.25, 0.3) is 0 Å². The van der Waals surface area contributed by atoms with E-state index in [1.54, 1.807) is 0 Å². The first-order chi connectivity index (χ1) is 7.79. The van der Waals surface area contributed by atoms with E-state index < -0.39 is 0 Å². The van der Waals surface area contributed by atoms with Gasteiger partial charge < -0.3 is 10.1 Å². The lowest BCUT2D eigenvalue weighted by Gasteiger charge is -2.37. The molecular formula is C13H28N2O. The maximum atomic E-state index is 5.43. The van der Waals surface area contributed by atoms with E-state index in [9.17, 15) is 0 Å². The quantitative estimate of drug-likeness (QED) is 0.720. The van der Waals surface area contributed by atoms with Gasteiger partial charge in [0, 0.05) is 31.8 Å². The molecule has 1 heterocycles. The standard InChI is InChI=1S/C13H28N2O/c1-4-6-13(11-14-5-2)15(3)12-7-9-16-10-8-12/h12-14H,4-11H2,1-3H3. The molecule has 1 unspecified atom stereocenters. The Balaban J connectivity index is 2.40. The predicted molar refractivity (Wildman–Crippen MR) is 68.8 cm³/mol. The Morgan fingerprint density at radius 3 is 2.56 bits per heavy atom. The average Bonchev–Trinajstić information content (AvgIpc) is 2.35. The summed E-state index contributed by atoms with van der Waals surface area (Å²) in [6.45, 7) is 8.53. The number of rotatable bonds is 7. The fraction of sp³-hybridized carbons (Fsp3) is 1.00. The van der Waals surface area contributed by atoms with Crippen LogP contribution >= 0.6 is 0 Å². The van der Waals surface area contributed by atoms with Gasteiger partial charge in [-0.15, -0.1) is 0 Å². The van der Waals surface area contributed by atoms with Crippen LogP contribution in [-0.4, -0.2) is 50.3 Å². The lowest BCUT2D eigenvalue weighted by molar-refractivity contribution is 0.0270. The normalized spacial score (nSPS) is 20.2. The van der Waals surface area contributed by atoms with Gasteiger partial charge in [0.1, 0.15) is 0 Å². The number of nitrogens with zero attached hydrogens (tertiary/aromatic N) is 1. The van der Waals surface area contributed by atoms with Crippen molar-refractivity contribution in [3.63, 3.8) is 0 Å². The van der Waals surface area contributed by atoms with Gasteiger partial charge in [0.05, 0.1) is 0 Å². The molecular weight excluding hydrogens is 200 g/mol. The minimum Gasteiger partial charge on any atom is -0.381 e. The molecule has 1 atom stereocenters. The molecule has 1 aliphatic heterocycles. The van der Waals surface area contributed by atoms with Crippen molar-refractivity contribution in [1.82, 2.24) is 10.2 Å². The van der Waals surface area contributed by atoms with Crippen LogP contribution in [0.2, 0.25) is 0 Å². The van der Waals surface area contributed by atoms with Gasteiger partial charge in [0.15, 0.2) is 0 Å². The Labute approximate surface area is 101 Å². The summed E-state index contributed by atoms with van der Waals surface area (Å²) in [6.07, 6.45) is 4.95. The van der Waals surface area contributed by atoms with Crippen molar-refractivity contribution in [3.05, 3.63) is 0 Å². The largest absolute Gasteiger partial charge is 0.381 e. The van der Waals surface area contributed by atoms with Gasteiger partial charge in [-0.2, -0.15) is 0 Å². The molecule has 0 saturated carbocycles. The first-order valence-electron chi connectivity index (χ1n) is 6.80. The Bertz CT molecular complexity index is 169. The van der Waals surface area contributed by atoms with E-state index in [1.807, 2.05) is 0 Å². The summed E-state index contributed by atoms with van der Waals surface area (Å²) in [5.41, 5.74) is 0. The van der Waals surface area contributed by atoms with Gasteiger partial charge in [-0.05, 0) is 32.9 Å². The highest BCUT2D eigenvalue weighted by atomic mass is 16.5. The zero-order chi connectivity index (χ0) is 11.8. The first kappa shape index (κ1) is 13.9. The number of hydrogen-bond donors (Lipinski definition) is 1. The second kappa shape index (κ2) is 8.04. The third-order valence-corrected chi connectivity index (χ3v) is 3.59. The predicted octanol–water partition coefficient (Wildman–Crippen LogP) is 1.88. The van der Waals surface area contributed by atoms with Crippen LogP contribution in [-0.2, 0) is 4.74 Å². The van der Waals surface area contributed by atoms with E-state index >= 15 is 0 Å². The van der Waals surface area contributed by atoms with Gasteiger partial charge in [-0.25, -0.2) is 0 Å². The molecule has 0 spiro atoms. The molecule has 1 fully saturated rings. The summed E-state index contributed by atoms with van der Waals surface area (Å²) in [4.78, 5) is 2.58. The zero-order valence-electron chi connectivity index (χ0n) is 11.2. The maximum Gasteiger partial charge on any atom is 0.0480 e. The minimum absolute atomic E-state index is 0.688. The third kappa shape index (κ3) is 4.40. The zero-order valence-corrected chi connectivity index (χ0v) is 11.2. The highest BCUT2D eigenvalue weighted by Gasteiger charge is 2.23. The molecule has 1 N–H and O–H groups in total. The van der Waals surface area contributed by atoms with Crippen molar-refractivity contribution >= 4 is 0 Å². The van der Waals surface area contributed by atoms with Crippen LogP contribution in [0.1, 0.15) is 39.5 Å². The van der Waals surface area contributed by atoms with Crippen molar-refractivity contribution in [2.75, 3.05) is 33.4 Å². The monoisotopic (exact) mass is 228 g/mol. The summed E-state index contributed by atoms with van der Waals surface area (Å²) >= 11 is 0. The number of nitrogens with one attached hydrogen (secondary N) is 1. The maximum absolute atomic E-state index is 5.43. The van der Waals surface area contributed by atoms with E-state index in [2.05, 4.69) is 31.1 Å². The Morgan fingerprint density at radius 1 is 1.31 bits per heavy atom. The minimum atomic E-state index is 0.688. The van der Waals surface area contributed by atoms with Gasteiger partial charge in [-0.1, -0.05) is 20.3 Å². The molecule has 0 aromatic carbocycles. The fourth-order valence-corrected chi connectivity index (χ4v) is 2.48. The average molecular weight is 228 g/mol. The second-order valence-corrected chi connectivity index (χ2v) is 4.76. The van der Waals surface area contributed by atoms with E-state index in [4.69, 9.17) is 4.74 Å². The Morgan fingerprint density at radius 2 is 2.00 bits per heavy atom. The molecule has 0 aliphatic carbocycles. The smallest absolute Gasteiger partial charge is 0.0480 e. The molecule has 1 rings (SSSR count). The topological polar surface area (TPSA) is 24.5 Å². The lowest BCUT2D eigenvalue weighted by atomic mass is 10.0. The fourth-order valence-electron chi connectivity index (χ4n) is 2.48. The molecule has 0 aromatic heterocycles. The van der Waals surface area contributed by atoms with Gasteiger partial charge in [0.25, 0.3) is 0 Å². The summed E-state index contributed by atoms with van der Waals surface area (Å²) in [6, 6.07) is 1.41. The molecule has 0 bridgehead atoms. The highest BCUT2D eigenvalue weighted by Crippen LogP contribution is 2.17. The molecule has 3 nitrogen and oxygen atoms in total. The molecule has 16 heavy (non-hydrogen) atoms. The summed E-state index contributed by atoms with van der Waals surface area (Å²) in [5.74, 6) is 0. The van der Waals surface area contributed by atoms with E-state index in [1.165, 1.54) is 25.7 Å². The van der Waals surface area contributed by atoms with Crippen LogP contribution in [0.4, 0.5) is 0 Å². The molecule has 0 aromatic rings. The number of hydrogen-bond acceptors (Lipinski definition) is 3. The van der Waals surface area contributed by atoms with Crippen molar-refractivity contribution < 1.29 is 4.74 Å². The Kier molecular flexibility index (Phi) is 7.01. The van der Waals surface area contributed by atoms with Crippen LogP contribution < -0.4 is 5.32 Å². The second-order valence-electron chi connectivity index (χ2n) is 4.76. The summed E-state index contributed by atoms with van der Waals surface area (Å²) in [7, 11) is 2.29. The van der Waals surface area contributed by atoms with Gasteiger partial charge >= 0.3 is 0 Å². The van der Waals surface area contributed by atoms with Crippen LogP contribution in [0, 0.1) is 0 Å². The van der Waals surface area contributed by atoms with E-state index in [0.29, 0.717) is 6.04 Å². The van der Waals surface area contributed by atoms with E-state index in [-0.39, 0.29) is 0 Å². The highest BCUT2D eigenvalue weighted by molar-refractivity contribution is 4.79. The SMILES string of the molecule is CCCC(CNCC)N(C)C1CCOCC1. The van der Waals surface area contributed by atoms with Crippen molar-refractivity contribution in [2.24, 2.45) is 0 Å². The van der Waals surface area contributed by atoms with Crippen molar-refractivity contribution in [3.8, 4) is 0 Å². The summed E-state index contributed by atoms with van der Waals surface area (Å²) < 4.78 is 5.43. The van der Waals surface area contributed by atoms with Gasteiger partial charge in [-0.3, -0.25) is 4.90 Å². The lowest BCUT2D eigenvalue weighted by Crippen LogP contribution is -2.47. The third-order valence-electron chi connectivity index (χ3n) is 3.59. The molecule has 1 aliphatic rings. The van der Waals surface area contributed by atoms with E-state index in [0.717, 1.165) is 32.3 Å². The molecule has 3 heteroatoms. The Hall–Kier alpha value is -0.120. The number of ether oxygens (including phenoxy) is 1. The van der Waals surface area contributed by atoms with Crippen molar-refractivity contribution in [2.45, 2.75) is 51.6 Å². The van der Waals surface area contributed by atoms with Crippen LogP contribution in [0.3, 0.4) is 0 Å². The van der Waals surface area contributed by atoms with Crippen molar-refractivity contribution in [1.29, 1.82) is 0 Å².